The summed E-state index contributed by atoms with van der Waals surface area (Å²) >= 11 is 0. The predicted molar refractivity (Wildman–Crippen MR) is 136 cm³/mol. The van der Waals surface area contributed by atoms with Gasteiger partial charge >= 0.3 is 0 Å². The Morgan fingerprint density at radius 3 is 2.60 bits per heavy atom. The quantitative estimate of drug-likeness (QED) is 0.467. The fourth-order valence-corrected chi connectivity index (χ4v) is 9.53. The van der Waals surface area contributed by atoms with E-state index in [1.54, 1.807) is 12.1 Å². The lowest BCUT2D eigenvalue weighted by Crippen LogP contribution is -2.58. The molecule has 1 aromatic carbocycles. The van der Waals surface area contributed by atoms with Gasteiger partial charge in [-0.2, -0.15) is 0 Å². The van der Waals surface area contributed by atoms with Crippen LogP contribution in [-0.2, 0) is 4.79 Å². The van der Waals surface area contributed by atoms with Crippen LogP contribution in [0.25, 0.3) is 0 Å². The number of halogens is 1. The molecule has 0 spiro atoms. The first-order valence-electron chi connectivity index (χ1n) is 14.0. The maximum atomic E-state index is 13.4. The molecule has 0 bridgehead atoms. The van der Waals surface area contributed by atoms with Gasteiger partial charge in [0.2, 0.25) is 5.91 Å². The van der Waals surface area contributed by atoms with Crippen molar-refractivity contribution in [1.29, 1.82) is 0 Å². The van der Waals surface area contributed by atoms with Crippen molar-refractivity contribution in [2.45, 2.75) is 97.2 Å². The van der Waals surface area contributed by atoms with Gasteiger partial charge in [0.15, 0.2) is 0 Å². The lowest BCUT2D eigenvalue weighted by Gasteiger charge is -2.62. The van der Waals surface area contributed by atoms with E-state index in [0.717, 1.165) is 32.1 Å². The van der Waals surface area contributed by atoms with Gasteiger partial charge in [-0.3, -0.25) is 4.79 Å². The van der Waals surface area contributed by atoms with Gasteiger partial charge in [-0.05, 0) is 122 Å². The summed E-state index contributed by atoms with van der Waals surface area (Å²) in [7, 11) is 0. The van der Waals surface area contributed by atoms with Gasteiger partial charge < -0.3 is 15.5 Å². The van der Waals surface area contributed by atoms with Crippen molar-refractivity contribution in [2.24, 2.45) is 46.3 Å². The normalized spacial score (nSPS) is 43.5. The highest BCUT2D eigenvalue weighted by Crippen LogP contribution is 2.68. The first kappa shape index (κ1) is 25.2. The largest absolute Gasteiger partial charge is 0.393 e. The zero-order valence-electron chi connectivity index (χ0n) is 21.7. The average molecular weight is 486 g/mol. The van der Waals surface area contributed by atoms with Crippen LogP contribution in [0.3, 0.4) is 0 Å². The summed E-state index contributed by atoms with van der Waals surface area (Å²) in [4.78, 5) is 12.5. The third-order valence-corrected chi connectivity index (χ3v) is 11.4. The smallest absolute Gasteiger partial charge is 0.224 e. The third-order valence-electron chi connectivity index (χ3n) is 11.4. The van der Waals surface area contributed by atoms with Crippen LogP contribution >= 0.6 is 0 Å². The van der Waals surface area contributed by atoms with Crippen molar-refractivity contribution in [2.75, 3.05) is 5.32 Å². The van der Waals surface area contributed by atoms with E-state index >= 15 is 0 Å². The van der Waals surface area contributed by atoms with Crippen molar-refractivity contribution in [3.8, 4) is 0 Å². The number of amides is 1. The van der Waals surface area contributed by atoms with Gasteiger partial charge in [0, 0.05) is 12.1 Å². The van der Waals surface area contributed by atoms with Gasteiger partial charge in [-0.25, -0.2) is 4.39 Å². The summed E-state index contributed by atoms with van der Waals surface area (Å²) in [5.74, 6) is 2.55. The van der Waals surface area contributed by atoms with E-state index in [0.29, 0.717) is 47.6 Å². The molecule has 4 saturated carbocycles. The van der Waals surface area contributed by atoms with E-state index in [1.165, 1.54) is 37.8 Å². The molecule has 0 aromatic heterocycles. The molecule has 0 aliphatic heterocycles. The fourth-order valence-electron chi connectivity index (χ4n) is 9.53. The average Bonchev–Trinajstić information content (AvgIpc) is 3.16. The fraction of sp³-hybridized carbons (Fsp3) is 0.767. The lowest BCUT2D eigenvalue weighted by atomic mass is 9.43. The first-order valence-corrected chi connectivity index (χ1v) is 14.0. The van der Waals surface area contributed by atoms with Gasteiger partial charge in [0.1, 0.15) is 5.82 Å². The van der Waals surface area contributed by atoms with E-state index in [1.807, 2.05) is 0 Å². The van der Waals surface area contributed by atoms with Crippen LogP contribution in [0.4, 0.5) is 10.1 Å². The highest BCUT2D eigenvalue weighted by Gasteiger charge is 2.62. The number of hydrogen-bond acceptors (Lipinski definition) is 3. The van der Waals surface area contributed by atoms with E-state index in [2.05, 4.69) is 26.1 Å². The Balaban J connectivity index is 1.24. The number of fused-ring (bicyclic) bond motifs is 5. The molecule has 4 aliphatic carbocycles. The minimum atomic E-state index is -0.342. The molecule has 1 aromatic rings. The summed E-state index contributed by atoms with van der Waals surface area (Å²) < 4.78 is 13.4. The van der Waals surface area contributed by atoms with Crippen LogP contribution in [0.1, 0.15) is 85.0 Å². The second kappa shape index (κ2) is 9.45. The minimum absolute atomic E-state index is 0.0491. The molecule has 1 amide bonds. The number of nitrogens with one attached hydrogen (secondary N) is 1. The number of hydrogen-bond donors (Lipinski definition) is 3. The van der Waals surface area contributed by atoms with Crippen LogP contribution in [0, 0.1) is 52.2 Å². The van der Waals surface area contributed by atoms with Crippen LogP contribution in [0.5, 0.6) is 0 Å². The number of anilines is 1. The molecule has 4 aliphatic rings. The topological polar surface area (TPSA) is 69.6 Å². The molecule has 5 rings (SSSR count). The summed E-state index contributed by atoms with van der Waals surface area (Å²) in [6.07, 6.45) is 9.31. The van der Waals surface area contributed by atoms with Crippen molar-refractivity contribution in [3.63, 3.8) is 0 Å². The van der Waals surface area contributed by atoms with Crippen LogP contribution in [-0.4, -0.2) is 28.3 Å². The van der Waals surface area contributed by atoms with Gasteiger partial charge in [0.05, 0.1) is 12.2 Å². The van der Waals surface area contributed by atoms with E-state index in [-0.39, 0.29) is 34.8 Å². The SMILES string of the molecule is C[C@H](CCC(=O)Nc1cccc(F)c1)[C@H]1CC[C@H]2[C@@H]3[C@H](O)C[C@@H]4C[C@H](O)CC[C@]4(C)[C@H]3CC[C@]12C. The number of carbonyl (C=O) groups is 1. The molecule has 4 nitrogen and oxygen atoms in total. The number of rotatable bonds is 5. The van der Waals surface area contributed by atoms with Crippen molar-refractivity contribution >= 4 is 11.6 Å². The number of aliphatic hydroxyl groups is 2. The Hall–Kier alpha value is -1.46. The predicted octanol–water partition coefficient (Wildman–Crippen LogP) is 6.17. The highest BCUT2D eigenvalue weighted by molar-refractivity contribution is 5.90. The maximum Gasteiger partial charge on any atom is 0.224 e. The molecule has 3 N–H and O–H groups in total. The number of benzene rings is 1. The Labute approximate surface area is 210 Å². The molecule has 10 atom stereocenters. The molecular weight excluding hydrogens is 441 g/mol. The molecule has 5 heteroatoms. The summed E-state index contributed by atoms with van der Waals surface area (Å²) in [5, 5.41) is 24.5. The van der Waals surface area contributed by atoms with E-state index < -0.39 is 0 Å². The third kappa shape index (κ3) is 4.45. The highest BCUT2D eigenvalue weighted by atomic mass is 19.1. The maximum absolute atomic E-state index is 13.4. The Bertz CT molecular complexity index is 938. The minimum Gasteiger partial charge on any atom is -0.393 e. The number of aliphatic hydroxyl groups excluding tert-OH is 2. The van der Waals surface area contributed by atoms with Gasteiger partial charge in [-0.1, -0.05) is 26.8 Å². The second-order valence-electron chi connectivity index (χ2n) is 13.0. The van der Waals surface area contributed by atoms with Crippen molar-refractivity contribution < 1.29 is 19.4 Å². The van der Waals surface area contributed by atoms with Crippen molar-refractivity contribution in [1.82, 2.24) is 0 Å². The van der Waals surface area contributed by atoms with E-state index in [4.69, 9.17) is 0 Å². The van der Waals surface area contributed by atoms with Crippen LogP contribution in [0.15, 0.2) is 24.3 Å². The standard InChI is InChI=1S/C30H44FNO3/c1-18(7-10-27(35)32-21-6-4-5-20(31)17-21)23-8-9-24-28-25(12-14-30(23,24)3)29(2)13-11-22(33)15-19(29)16-26(28)34/h4-6,17-19,22-26,28,33-34H,7-16H2,1-3H3,(H,32,35)/t18-,19+,22-,23-,24+,25+,26-,28+,29+,30-/m1/s1. The second-order valence-corrected chi connectivity index (χ2v) is 13.0. The van der Waals surface area contributed by atoms with E-state index in [9.17, 15) is 19.4 Å². The molecule has 0 saturated heterocycles. The molecule has 194 valence electrons. The lowest BCUT2D eigenvalue weighted by molar-refractivity contribution is -0.174. The number of carbonyl (C=O) groups excluding carboxylic acids is 1. The van der Waals surface area contributed by atoms with Crippen LogP contribution < -0.4 is 5.32 Å². The monoisotopic (exact) mass is 485 g/mol. The Morgan fingerprint density at radius 1 is 1.09 bits per heavy atom. The molecule has 0 unspecified atom stereocenters. The van der Waals surface area contributed by atoms with Gasteiger partial charge in [0.25, 0.3) is 0 Å². The van der Waals surface area contributed by atoms with Gasteiger partial charge in [-0.15, -0.1) is 0 Å². The van der Waals surface area contributed by atoms with Crippen molar-refractivity contribution in [3.05, 3.63) is 30.1 Å². The molecular formula is C30H44FNO3. The Kier molecular flexibility index (Phi) is 6.80. The first-order chi connectivity index (χ1) is 16.6. The van der Waals surface area contributed by atoms with Crippen LogP contribution in [0.2, 0.25) is 0 Å². The zero-order valence-corrected chi connectivity index (χ0v) is 21.7. The molecule has 35 heavy (non-hydrogen) atoms. The molecule has 4 fully saturated rings. The Morgan fingerprint density at radius 2 is 1.83 bits per heavy atom. The molecule has 0 heterocycles. The molecule has 0 radical (unpaired) electrons. The summed E-state index contributed by atoms with van der Waals surface area (Å²) in [6.45, 7) is 7.24. The zero-order chi connectivity index (χ0) is 25.0. The summed E-state index contributed by atoms with van der Waals surface area (Å²) in [5.41, 5.74) is 0.989. The summed E-state index contributed by atoms with van der Waals surface area (Å²) in [6, 6.07) is 6.07.